The van der Waals surface area contributed by atoms with E-state index in [1.54, 1.807) is 18.2 Å². The van der Waals surface area contributed by atoms with E-state index < -0.39 is 10.0 Å². The van der Waals surface area contributed by atoms with Crippen LogP contribution in [0.1, 0.15) is 31.0 Å². The minimum absolute atomic E-state index is 0.235. The van der Waals surface area contributed by atoms with E-state index in [1.807, 2.05) is 55.5 Å². The first-order valence-corrected chi connectivity index (χ1v) is 10.5. The lowest BCUT2D eigenvalue weighted by Gasteiger charge is -2.15. The summed E-state index contributed by atoms with van der Waals surface area (Å²) in [5.41, 5.74) is 3.59. The van der Waals surface area contributed by atoms with Gasteiger partial charge in [0.25, 0.3) is 0 Å². The van der Waals surface area contributed by atoms with E-state index in [1.165, 1.54) is 5.56 Å². The number of aryl methyl sites for hydroxylation is 1. The molecule has 3 aromatic carbocycles. The van der Waals surface area contributed by atoms with Crippen LogP contribution in [0.3, 0.4) is 0 Å². The van der Waals surface area contributed by atoms with Crippen molar-refractivity contribution in [1.29, 1.82) is 0 Å². The molecule has 1 unspecified atom stereocenters. The van der Waals surface area contributed by atoms with Gasteiger partial charge in [-0.2, -0.15) is 0 Å². The Morgan fingerprint density at radius 1 is 0.926 bits per heavy atom. The Bertz CT molecular complexity index is 1210. The quantitative estimate of drug-likeness (QED) is 0.519. The van der Waals surface area contributed by atoms with Gasteiger partial charge in [0.15, 0.2) is 0 Å². The highest BCUT2D eigenvalue weighted by molar-refractivity contribution is 7.89. The fourth-order valence-electron chi connectivity index (χ4n) is 3.28. The molecule has 138 valence electrons. The van der Waals surface area contributed by atoms with E-state index in [0.717, 1.165) is 28.3 Å². The summed E-state index contributed by atoms with van der Waals surface area (Å²) in [6, 6.07) is 20.3. The Kier molecular flexibility index (Phi) is 4.50. The van der Waals surface area contributed by atoms with Gasteiger partial charge < -0.3 is 4.42 Å². The SMILES string of the molecule is CCc1ccc(C(C)NS(=O)(=O)c2ccc3oc4ccccc4c3c2)cc1. The third-order valence-electron chi connectivity index (χ3n) is 4.88. The van der Waals surface area contributed by atoms with E-state index in [0.29, 0.717) is 5.58 Å². The van der Waals surface area contributed by atoms with Gasteiger partial charge in [-0.15, -0.1) is 0 Å². The summed E-state index contributed by atoms with van der Waals surface area (Å²) in [6.07, 6.45) is 0.957. The lowest BCUT2D eigenvalue weighted by Crippen LogP contribution is -2.26. The Morgan fingerprint density at radius 2 is 1.63 bits per heavy atom. The summed E-state index contributed by atoms with van der Waals surface area (Å²) in [5.74, 6) is 0. The zero-order chi connectivity index (χ0) is 19.0. The molecule has 0 aliphatic carbocycles. The molecular formula is C22H21NO3S. The molecule has 4 aromatic rings. The van der Waals surface area contributed by atoms with Crippen LogP contribution in [0.5, 0.6) is 0 Å². The number of fused-ring (bicyclic) bond motifs is 3. The second-order valence-corrected chi connectivity index (χ2v) is 8.41. The molecule has 0 amide bonds. The van der Waals surface area contributed by atoms with Crippen LogP contribution >= 0.6 is 0 Å². The number of rotatable bonds is 5. The molecular weight excluding hydrogens is 358 g/mol. The largest absolute Gasteiger partial charge is 0.456 e. The van der Waals surface area contributed by atoms with E-state index in [4.69, 9.17) is 4.42 Å². The minimum Gasteiger partial charge on any atom is -0.456 e. The molecule has 1 heterocycles. The maximum absolute atomic E-state index is 12.9. The Balaban J connectivity index is 1.67. The van der Waals surface area contributed by atoms with E-state index in [2.05, 4.69) is 11.6 Å². The van der Waals surface area contributed by atoms with Crippen molar-refractivity contribution in [3.05, 3.63) is 77.9 Å². The maximum atomic E-state index is 12.9. The minimum atomic E-state index is -3.65. The van der Waals surface area contributed by atoms with Crippen molar-refractivity contribution in [2.45, 2.75) is 31.2 Å². The van der Waals surface area contributed by atoms with E-state index in [-0.39, 0.29) is 10.9 Å². The molecule has 0 radical (unpaired) electrons. The van der Waals surface area contributed by atoms with Crippen molar-refractivity contribution in [3.8, 4) is 0 Å². The van der Waals surface area contributed by atoms with Crippen LogP contribution < -0.4 is 4.72 Å². The lowest BCUT2D eigenvalue weighted by molar-refractivity contribution is 0.567. The first kappa shape index (κ1) is 17.8. The van der Waals surface area contributed by atoms with Crippen molar-refractivity contribution >= 4 is 32.0 Å². The number of hydrogen-bond acceptors (Lipinski definition) is 3. The van der Waals surface area contributed by atoms with Crippen LogP contribution in [0.4, 0.5) is 0 Å². The van der Waals surface area contributed by atoms with Gasteiger partial charge in [0.1, 0.15) is 11.2 Å². The van der Waals surface area contributed by atoms with Gasteiger partial charge in [0.2, 0.25) is 10.0 Å². The average molecular weight is 379 g/mol. The van der Waals surface area contributed by atoms with Crippen molar-refractivity contribution in [2.75, 3.05) is 0 Å². The van der Waals surface area contributed by atoms with Crippen LogP contribution in [-0.2, 0) is 16.4 Å². The molecule has 5 heteroatoms. The van der Waals surface area contributed by atoms with Gasteiger partial charge in [0, 0.05) is 16.8 Å². The fourth-order valence-corrected chi connectivity index (χ4v) is 4.54. The van der Waals surface area contributed by atoms with Crippen molar-refractivity contribution in [1.82, 2.24) is 4.72 Å². The first-order valence-electron chi connectivity index (χ1n) is 9.00. The third-order valence-corrected chi connectivity index (χ3v) is 6.42. The predicted molar refractivity (Wildman–Crippen MR) is 108 cm³/mol. The average Bonchev–Trinajstić information content (AvgIpc) is 3.05. The van der Waals surface area contributed by atoms with Crippen molar-refractivity contribution < 1.29 is 12.8 Å². The maximum Gasteiger partial charge on any atom is 0.241 e. The van der Waals surface area contributed by atoms with Gasteiger partial charge in [-0.05, 0) is 48.7 Å². The monoisotopic (exact) mass is 379 g/mol. The zero-order valence-corrected chi connectivity index (χ0v) is 16.1. The number of hydrogen-bond donors (Lipinski definition) is 1. The standard InChI is InChI=1S/C22H21NO3S/c1-3-16-8-10-17(11-9-16)15(2)23-27(24,25)18-12-13-22-20(14-18)19-6-4-5-7-21(19)26-22/h4-15,23H,3H2,1-2H3. The van der Waals surface area contributed by atoms with Crippen molar-refractivity contribution in [3.63, 3.8) is 0 Å². The van der Waals surface area contributed by atoms with Gasteiger partial charge in [-0.25, -0.2) is 13.1 Å². The molecule has 4 rings (SSSR count). The first-order chi connectivity index (χ1) is 13.0. The number of furan rings is 1. The molecule has 0 saturated heterocycles. The second kappa shape index (κ2) is 6.83. The lowest BCUT2D eigenvalue weighted by atomic mass is 10.1. The Morgan fingerprint density at radius 3 is 2.37 bits per heavy atom. The fraction of sp³-hybridized carbons (Fsp3) is 0.182. The third kappa shape index (κ3) is 3.36. The molecule has 0 fully saturated rings. The van der Waals surface area contributed by atoms with Crippen LogP contribution in [0, 0.1) is 0 Å². The molecule has 27 heavy (non-hydrogen) atoms. The normalized spacial score (nSPS) is 13.3. The van der Waals surface area contributed by atoms with E-state index in [9.17, 15) is 8.42 Å². The summed E-state index contributed by atoms with van der Waals surface area (Å²) in [4.78, 5) is 0.235. The summed E-state index contributed by atoms with van der Waals surface area (Å²) in [7, 11) is -3.65. The number of para-hydroxylation sites is 1. The topological polar surface area (TPSA) is 59.3 Å². The molecule has 0 saturated carbocycles. The van der Waals surface area contributed by atoms with Crippen LogP contribution in [-0.4, -0.2) is 8.42 Å². The number of nitrogens with one attached hydrogen (secondary N) is 1. The summed E-state index contributed by atoms with van der Waals surface area (Å²) in [6.45, 7) is 3.95. The van der Waals surface area contributed by atoms with E-state index >= 15 is 0 Å². The van der Waals surface area contributed by atoms with Crippen LogP contribution in [0.25, 0.3) is 21.9 Å². The van der Waals surface area contributed by atoms with Crippen LogP contribution in [0.15, 0.2) is 76.0 Å². The number of benzene rings is 3. The second-order valence-electron chi connectivity index (χ2n) is 6.69. The molecule has 1 aromatic heterocycles. The molecule has 0 aliphatic heterocycles. The summed E-state index contributed by atoms with van der Waals surface area (Å²) < 4.78 is 34.3. The Labute approximate surface area is 158 Å². The highest BCUT2D eigenvalue weighted by Crippen LogP contribution is 2.30. The molecule has 0 bridgehead atoms. The predicted octanol–water partition coefficient (Wildman–Crippen LogP) is 5.19. The molecule has 1 atom stereocenters. The van der Waals surface area contributed by atoms with Crippen molar-refractivity contribution in [2.24, 2.45) is 0 Å². The smallest absolute Gasteiger partial charge is 0.241 e. The van der Waals surface area contributed by atoms with Crippen LogP contribution in [0.2, 0.25) is 0 Å². The number of sulfonamides is 1. The highest BCUT2D eigenvalue weighted by atomic mass is 32.2. The molecule has 0 aliphatic rings. The van der Waals surface area contributed by atoms with Gasteiger partial charge >= 0.3 is 0 Å². The zero-order valence-electron chi connectivity index (χ0n) is 15.3. The summed E-state index contributed by atoms with van der Waals surface area (Å²) in [5, 5.41) is 1.71. The molecule has 4 nitrogen and oxygen atoms in total. The van der Waals surface area contributed by atoms with Gasteiger partial charge in [-0.1, -0.05) is 49.4 Å². The highest BCUT2D eigenvalue weighted by Gasteiger charge is 2.20. The molecule has 1 N–H and O–H groups in total. The Hall–Kier alpha value is -2.63. The van der Waals surface area contributed by atoms with Gasteiger partial charge in [-0.3, -0.25) is 0 Å². The van der Waals surface area contributed by atoms with Gasteiger partial charge in [0.05, 0.1) is 4.90 Å². The summed E-state index contributed by atoms with van der Waals surface area (Å²) >= 11 is 0. The molecule has 0 spiro atoms.